The molecule has 1 rings (SSSR count). The van der Waals surface area contributed by atoms with Crippen LogP contribution in [0.1, 0.15) is 28.9 Å². The fourth-order valence-electron chi connectivity index (χ4n) is 1.45. The first kappa shape index (κ1) is 15.3. The molecule has 8 heteroatoms. The van der Waals surface area contributed by atoms with Gasteiger partial charge in [0.15, 0.2) is 0 Å². The second kappa shape index (κ2) is 5.50. The van der Waals surface area contributed by atoms with Gasteiger partial charge in [-0.2, -0.15) is 13.2 Å². The zero-order chi connectivity index (χ0) is 14.8. The molecule has 0 radical (unpaired) electrons. The van der Waals surface area contributed by atoms with Crippen molar-refractivity contribution in [3.8, 4) is 0 Å². The first-order valence-electron chi connectivity index (χ1n) is 5.09. The summed E-state index contributed by atoms with van der Waals surface area (Å²) in [6.45, 7) is 1.26. The van der Waals surface area contributed by atoms with Crippen molar-refractivity contribution >= 4 is 5.97 Å². The standard InChI is InChI=1S/C11H10F5NO2/c1-5-3-6(11(14,15)16)9(10(12)13)17-7(5)4-8(18)19-2/h3,10H,4H2,1-2H3. The van der Waals surface area contributed by atoms with Gasteiger partial charge < -0.3 is 4.74 Å². The van der Waals surface area contributed by atoms with Crippen molar-refractivity contribution in [2.45, 2.75) is 25.9 Å². The molecule has 1 aromatic heterocycles. The molecule has 0 fully saturated rings. The second-order valence-corrected chi connectivity index (χ2v) is 3.74. The molecule has 19 heavy (non-hydrogen) atoms. The summed E-state index contributed by atoms with van der Waals surface area (Å²) in [7, 11) is 1.08. The Labute approximate surface area is 105 Å². The second-order valence-electron chi connectivity index (χ2n) is 3.74. The van der Waals surface area contributed by atoms with E-state index in [4.69, 9.17) is 0 Å². The first-order valence-corrected chi connectivity index (χ1v) is 5.09. The van der Waals surface area contributed by atoms with Gasteiger partial charge in [-0.3, -0.25) is 9.78 Å². The van der Waals surface area contributed by atoms with Gasteiger partial charge in [-0.1, -0.05) is 0 Å². The minimum Gasteiger partial charge on any atom is -0.469 e. The number of nitrogens with zero attached hydrogens (tertiary/aromatic N) is 1. The van der Waals surface area contributed by atoms with Crippen LogP contribution < -0.4 is 0 Å². The number of hydrogen-bond donors (Lipinski definition) is 0. The lowest BCUT2D eigenvalue weighted by Crippen LogP contribution is -2.16. The van der Waals surface area contributed by atoms with Gasteiger partial charge >= 0.3 is 12.1 Å². The largest absolute Gasteiger partial charge is 0.469 e. The molecule has 0 N–H and O–H groups in total. The number of aryl methyl sites for hydroxylation is 1. The zero-order valence-corrected chi connectivity index (χ0v) is 10.0. The number of esters is 1. The van der Waals surface area contributed by atoms with E-state index in [0.29, 0.717) is 6.07 Å². The molecule has 0 saturated heterocycles. The van der Waals surface area contributed by atoms with Crippen molar-refractivity contribution in [3.05, 3.63) is 28.6 Å². The topological polar surface area (TPSA) is 39.2 Å². The molecule has 0 aliphatic heterocycles. The normalized spacial score (nSPS) is 11.8. The average Bonchev–Trinajstić information content (AvgIpc) is 2.29. The van der Waals surface area contributed by atoms with Gasteiger partial charge in [0.05, 0.1) is 24.8 Å². The van der Waals surface area contributed by atoms with Gasteiger partial charge in [-0.15, -0.1) is 0 Å². The SMILES string of the molecule is COC(=O)Cc1nc(C(F)F)c(C(F)(F)F)cc1C. The number of ether oxygens (including phenoxy) is 1. The Morgan fingerprint density at radius 1 is 1.42 bits per heavy atom. The van der Waals surface area contributed by atoms with Crippen LogP contribution in [0.3, 0.4) is 0 Å². The molecule has 1 aromatic rings. The third kappa shape index (κ3) is 3.62. The Bertz CT molecular complexity index is 485. The zero-order valence-electron chi connectivity index (χ0n) is 10.0. The smallest absolute Gasteiger partial charge is 0.418 e. The number of carbonyl (C=O) groups excluding carboxylic acids is 1. The van der Waals surface area contributed by atoms with Gasteiger partial charge in [-0.05, 0) is 18.6 Å². The number of methoxy groups -OCH3 is 1. The molecule has 0 spiro atoms. The monoisotopic (exact) mass is 283 g/mol. The number of hydrogen-bond acceptors (Lipinski definition) is 3. The van der Waals surface area contributed by atoms with Crippen LogP contribution in [0, 0.1) is 6.92 Å². The summed E-state index contributed by atoms with van der Waals surface area (Å²) in [5.41, 5.74) is -3.03. The summed E-state index contributed by atoms with van der Waals surface area (Å²) in [6.07, 6.45) is -8.76. The maximum absolute atomic E-state index is 12.6. The van der Waals surface area contributed by atoms with Crippen LogP contribution in [0.4, 0.5) is 22.0 Å². The quantitative estimate of drug-likeness (QED) is 0.632. The summed E-state index contributed by atoms with van der Waals surface area (Å²) in [5.74, 6) is -0.768. The van der Waals surface area contributed by atoms with Crippen LogP contribution in [0.5, 0.6) is 0 Å². The number of carbonyl (C=O) groups is 1. The van der Waals surface area contributed by atoms with E-state index in [2.05, 4.69) is 9.72 Å². The van der Waals surface area contributed by atoms with E-state index in [-0.39, 0.29) is 11.3 Å². The molecule has 0 bridgehead atoms. The van der Waals surface area contributed by atoms with Crippen LogP contribution in [0.25, 0.3) is 0 Å². The Kier molecular flexibility index (Phi) is 4.43. The van der Waals surface area contributed by atoms with Crippen LogP contribution >= 0.6 is 0 Å². The first-order chi connectivity index (χ1) is 8.66. The Balaban J connectivity index is 3.33. The van der Waals surface area contributed by atoms with Crippen molar-refractivity contribution < 1.29 is 31.5 Å². The van der Waals surface area contributed by atoms with Crippen molar-refractivity contribution in [1.29, 1.82) is 0 Å². The van der Waals surface area contributed by atoms with Crippen molar-refractivity contribution in [2.24, 2.45) is 0 Å². The van der Waals surface area contributed by atoms with E-state index in [9.17, 15) is 26.7 Å². The van der Waals surface area contributed by atoms with Crippen molar-refractivity contribution in [3.63, 3.8) is 0 Å². The minimum atomic E-state index is -4.92. The number of halogens is 5. The summed E-state index contributed by atoms with van der Waals surface area (Å²) in [6, 6.07) is 0.562. The maximum Gasteiger partial charge on any atom is 0.418 e. The van der Waals surface area contributed by atoms with Crippen LogP contribution in [-0.4, -0.2) is 18.1 Å². The third-order valence-electron chi connectivity index (χ3n) is 2.40. The number of aromatic nitrogens is 1. The van der Waals surface area contributed by atoms with Crippen LogP contribution in [0.15, 0.2) is 6.07 Å². The van der Waals surface area contributed by atoms with Crippen LogP contribution in [0.2, 0.25) is 0 Å². The maximum atomic E-state index is 12.6. The molecule has 0 saturated carbocycles. The van der Waals surface area contributed by atoms with E-state index >= 15 is 0 Å². The molecule has 0 aliphatic carbocycles. The predicted octanol–water partition coefficient (Wildman–Crippen LogP) is 3.06. The lowest BCUT2D eigenvalue weighted by molar-refractivity contribution is -0.140. The van der Waals surface area contributed by atoms with Crippen molar-refractivity contribution in [2.75, 3.05) is 7.11 Å². The molecular formula is C11H10F5NO2. The lowest BCUT2D eigenvalue weighted by atomic mass is 10.1. The molecule has 0 unspecified atom stereocenters. The third-order valence-corrected chi connectivity index (χ3v) is 2.40. The Morgan fingerprint density at radius 3 is 2.42 bits per heavy atom. The van der Waals surface area contributed by atoms with E-state index in [1.807, 2.05) is 0 Å². The van der Waals surface area contributed by atoms with E-state index < -0.39 is 36.2 Å². The number of pyridine rings is 1. The highest BCUT2D eigenvalue weighted by atomic mass is 19.4. The molecule has 3 nitrogen and oxygen atoms in total. The fraction of sp³-hybridized carbons (Fsp3) is 0.455. The summed E-state index contributed by atoms with van der Waals surface area (Å²) in [5, 5.41) is 0. The average molecular weight is 283 g/mol. The summed E-state index contributed by atoms with van der Waals surface area (Å²) < 4.78 is 67.3. The van der Waals surface area contributed by atoms with E-state index in [1.165, 1.54) is 6.92 Å². The predicted molar refractivity (Wildman–Crippen MR) is 54.7 cm³/mol. The van der Waals surface area contributed by atoms with E-state index in [1.54, 1.807) is 0 Å². The molecule has 0 aromatic carbocycles. The number of alkyl halides is 5. The van der Waals surface area contributed by atoms with Gasteiger partial charge in [0.25, 0.3) is 6.43 Å². The van der Waals surface area contributed by atoms with E-state index in [0.717, 1.165) is 7.11 Å². The molecule has 106 valence electrons. The van der Waals surface area contributed by atoms with Gasteiger partial charge in [0.1, 0.15) is 5.69 Å². The molecule has 0 amide bonds. The molecule has 0 aliphatic rings. The van der Waals surface area contributed by atoms with Crippen molar-refractivity contribution in [1.82, 2.24) is 4.98 Å². The fourth-order valence-corrected chi connectivity index (χ4v) is 1.45. The Hall–Kier alpha value is -1.73. The highest BCUT2D eigenvalue weighted by Gasteiger charge is 2.37. The highest BCUT2D eigenvalue weighted by Crippen LogP contribution is 2.36. The Morgan fingerprint density at radius 2 is 2.00 bits per heavy atom. The van der Waals surface area contributed by atoms with Gasteiger partial charge in [-0.25, -0.2) is 8.78 Å². The summed E-state index contributed by atoms with van der Waals surface area (Å²) >= 11 is 0. The minimum absolute atomic E-state index is 0.00197. The lowest BCUT2D eigenvalue weighted by Gasteiger charge is -2.14. The molecular weight excluding hydrogens is 273 g/mol. The van der Waals surface area contributed by atoms with Gasteiger partial charge in [0.2, 0.25) is 0 Å². The van der Waals surface area contributed by atoms with Crippen LogP contribution in [-0.2, 0) is 22.1 Å². The summed E-state index contributed by atoms with van der Waals surface area (Å²) in [4.78, 5) is 14.3. The highest BCUT2D eigenvalue weighted by molar-refractivity contribution is 5.72. The van der Waals surface area contributed by atoms with Gasteiger partial charge in [0, 0.05) is 0 Å². The molecule has 1 heterocycles. The number of rotatable bonds is 3. The molecule has 0 atom stereocenters.